The van der Waals surface area contributed by atoms with Crippen LogP contribution in [0.3, 0.4) is 0 Å². The normalized spacial score (nSPS) is 15.5. The van der Waals surface area contributed by atoms with E-state index in [1.165, 1.54) is 43.9 Å². The highest BCUT2D eigenvalue weighted by atomic mass is 32.1. The van der Waals surface area contributed by atoms with Gasteiger partial charge in [0.25, 0.3) is 0 Å². The first-order chi connectivity index (χ1) is 14.8. The fraction of sp³-hybridized carbons (Fsp3) is 0.714. The van der Waals surface area contributed by atoms with Gasteiger partial charge in [0.2, 0.25) is 17.7 Å². The zero-order valence-electron chi connectivity index (χ0n) is 19.9. The molecule has 1 amide bonds. The zero-order chi connectivity index (χ0) is 23.8. The summed E-state index contributed by atoms with van der Waals surface area (Å²) in [6, 6.07) is 0.490. The first kappa shape index (κ1) is 29.1. The second-order valence-electron chi connectivity index (χ2n) is 6.82. The van der Waals surface area contributed by atoms with Gasteiger partial charge in [0, 0.05) is 27.9 Å². The molecule has 1 aliphatic heterocycles. The predicted molar refractivity (Wildman–Crippen MR) is 124 cm³/mol. The maximum atomic E-state index is 13.7. The van der Waals surface area contributed by atoms with Gasteiger partial charge in [-0.2, -0.15) is 14.4 Å². The first-order valence-electron chi connectivity index (χ1n) is 10.9. The molecule has 180 valence electrons. The molecule has 0 bridgehead atoms. The van der Waals surface area contributed by atoms with Gasteiger partial charge < -0.3 is 14.9 Å². The van der Waals surface area contributed by atoms with Crippen molar-refractivity contribution in [3.8, 4) is 0 Å². The molecular weight excluding hydrogens is 421 g/mol. The minimum atomic E-state index is -0.457. The number of aliphatic hydroxyl groups excluding tert-OH is 1. The van der Waals surface area contributed by atoms with Crippen molar-refractivity contribution < 1.29 is 20.2 Å². The number of carbonyl (C=O) groups excluding carboxylic acids is 1. The highest BCUT2D eigenvalue weighted by molar-refractivity contribution is 7.15. The molecule has 3 rings (SSSR count). The molecular formula is C21H40FN5O3S. The molecule has 1 saturated heterocycles. The second kappa shape index (κ2) is 16.7. The Kier molecular flexibility index (Phi) is 15.7. The van der Waals surface area contributed by atoms with Crippen molar-refractivity contribution in [2.75, 3.05) is 11.9 Å². The number of piperidine rings is 1. The third-order valence-electron chi connectivity index (χ3n) is 3.93. The number of nitrogens with zero attached hydrogens (tertiary/aromatic N) is 4. The highest BCUT2D eigenvalue weighted by Crippen LogP contribution is 2.26. The van der Waals surface area contributed by atoms with Crippen molar-refractivity contribution in [1.82, 2.24) is 20.0 Å². The number of hydrogen-bond acceptors (Lipinski definition) is 8. The summed E-state index contributed by atoms with van der Waals surface area (Å²) < 4.78 is 18.2. The van der Waals surface area contributed by atoms with Crippen LogP contribution in [0.1, 0.15) is 85.2 Å². The van der Waals surface area contributed by atoms with Gasteiger partial charge in [-0.3, -0.25) is 9.69 Å². The lowest BCUT2D eigenvalue weighted by atomic mass is 10.0. The maximum Gasteiger partial charge on any atom is 0.230 e. The standard InChI is InChI=1S/C12H18FN3OS.C4H6N2O2.C3H8.C2H6.H2/c1-8-5-3-4-6-16(8)7-10-11(13)15-12(18-10)14-9(2)17;1-3-5-4(2-7)6-8-3;1-3-2;1-2;/h8H,3-7H2,1-2H3,(H,14,15,17);7H,2H2,1H3;3H2,1-2H3;1-2H3;1H/t8-;;;;/m1..../s1. The molecule has 0 spiro atoms. The smallest absolute Gasteiger partial charge is 0.230 e. The monoisotopic (exact) mass is 461 g/mol. The summed E-state index contributed by atoms with van der Waals surface area (Å²) in [5.41, 5.74) is 0. The van der Waals surface area contributed by atoms with Crippen molar-refractivity contribution in [2.24, 2.45) is 0 Å². The number of nitrogens with one attached hydrogen (secondary N) is 1. The molecule has 2 aromatic rings. The predicted octanol–water partition coefficient (Wildman–Crippen LogP) is 5.17. The van der Waals surface area contributed by atoms with Crippen LogP contribution in [-0.2, 0) is 17.9 Å². The van der Waals surface area contributed by atoms with E-state index in [4.69, 9.17) is 5.11 Å². The lowest BCUT2D eigenvalue weighted by Crippen LogP contribution is -2.36. The number of thiazole rings is 1. The van der Waals surface area contributed by atoms with Crippen molar-refractivity contribution in [3.63, 3.8) is 0 Å². The van der Waals surface area contributed by atoms with Gasteiger partial charge in [-0.1, -0.05) is 57.0 Å². The number of likely N-dealkylation sites (tertiary alicyclic amines) is 1. The molecule has 1 atom stereocenters. The number of halogens is 1. The van der Waals surface area contributed by atoms with Crippen LogP contribution in [0.25, 0.3) is 0 Å². The minimum Gasteiger partial charge on any atom is -0.388 e. The molecule has 2 N–H and O–H groups in total. The number of aromatic nitrogens is 3. The number of carbonyl (C=O) groups is 1. The van der Waals surface area contributed by atoms with Crippen LogP contribution in [0.2, 0.25) is 0 Å². The van der Waals surface area contributed by atoms with Crippen LogP contribution in [0, 0.1) is 12.9 Å². The Bertz CT molecular complexity index is 745. The van der Waals surface area contributed by atoms with Gasteiger partial charge in [0.15, 0.2) is 11.0 Å². The largest absolute Gasteiger partial charge is 0.388 e. The molecule has 3 heterocycles. The topological polar surface area (TPSA) is 104 Å². The molecule has 1 aliphatic rings. The summed E-state index contributed by atoms with van der Waals surface area (Å²) >= 11 is 1.22. The minimum absolute atomic E-state index is 0. The van der Waals surface area contributed by atoms with Crippen LogP contribution in [0.5, 0.6) is 0 Å². The Morgan fingerprint density at radius 3 is 2.45 bits per heavy atom. The number of hydrogen-bond donors (Lipinski definition) is 2. The van der Waals surface area contributed by atoms with Gasteiger partial charge in [-0.15, -0.1) is 0 Å². The van der Waals surface area contributed by atoms with Crippen molar-refractivity contribution in [3.05, 3.63) is 22.5 Å². The van der Waals surface area contributed by atoms with E-state index in [1.54, 1.807) is 6.92 Å². The molecule has 0 saturated carbocycles. The van der Waals surface area contributed by atoms with E-state index in [9.17, 15) is 9.18 Å². The summed E-state index contributed by atoms with van der Waals surface area (Å²) in [7, 11) is 0. The summed E-state index contributed by atoms with van der Waals surface area (Å²) in [4.78, 5) is 21.2. The quantitative estimate of drug-likeness (QED) is 0.647. The Hall–Kier alpha value is -1.91. The molecule has 10 heteroatoms. The van der Waals surface area contributed by atoms with Crippen molar-refractivity contribution in [2.45, 2.75) is 93.3 Å². The van der Waals surface area contributed by atoms with Gasteiger partial charge in [-0.05, 0) is 26.3 Å². The number of anilines is 1. The molecule has 8 nitrogen and oxygen atoms in total. The van der Waals surface area contributed by atoms with E-state index in [1.807, 2.05) is 13.8 Å². The van der Waals surface area contributed by atoms with Gasteiger partial charge in [-0.25, -0.2) is 0 Å². The van der Waals surface area contributed by atoms with E-state index in [2.05, 4.69) is 50.6 Å². The number of aliphatic hydroxyl groups is 1. The Labute approximate surface area is 190 Å². The molecule has 1 fully saturated rings. The van der Waals surface area contributed by atoms with Crippen molar-refractivity contribution >= 4 is 22.4 Å². The highest BCUT2D eigenvalue weighted by Gasteiger charge is 2.21. The van der Waals surface area contributed by atoms with Gasteiger partial charge >= 0.3 is 0 Å². The average Bonchev–Trinajstić information content (AvgIpc) is 3.31. The molecule has 2 aromatic heterocycles. The van der Waals surface area contributed by atoms with E-state index >= 15 is 0 Å². The number of rotatable bonds is 4. The summed E-state index contributed by atoms with van der Waals surface area (Å²) in [6.07, 6.45) is 4.84. The SMILES string of the molecule is CC.CC(=O)Nc1nc(F)c(CN2CCCC[C@H]2C)s1.CCC.Cc1nc(CO)no1.[HH]. The first-order valence-corrected chi connectivity index (χ1v) is 11.7. The third kappa shape index (κ3) is 11.9. The molecule has 0 aromatic carbocycles. The van der Waals surface area contributed by atoms with Crippen LogP contribution in [0.4, 0.5) is 9.52 Å². The van der Waals surface area contributed by atoms with Crippen LogP contribution < -0.4 is 5.32 Å². The van der Waals surface area contributed by atoms with E-state index in [-0.39, 0.29) is 13.9 Å². The average molecular weight is 462 g/mol. The Morgan fingerprint density at radius 2 is 2.00 bits per heavy atom. The van der Waals surface area contributed by atoms with Crippen LogP contribution >= 0.6 is 11.3 Å². The Balaban J connectivity index is 0. The van der Waals surface area contributed by atoms with E-state index in [0.717, 1.165) is 6.54 Å². The summed E-state index contributed by atoms with van der Waals surface area (Å²) in [6.45, 7) is 14.9. The lowest BCUT2D eigenvalue weighted by molar-refractivity contribution is -0.114. The third-order valence-corrected chi connectivity index (χ3v) is 4.86. The molecule has 31 heavy (non-hydrogen) atoms. The van der Waals surface area contributed by atoms with E-state index in [0.29, 0.717) is 34.3 Å². The lowest BCUT2D eigenvalue weighted by Gasteiger charge is -2.32. The summed E-state index contributed by atoms with van der Waals surface area (Å²) in [5.74, 6) is 0.139. The Morgan fingerprint density at radius 1 is 1.35 bits per heavy atom. The fourth-order valence-corrected chi connectivity index (χ4v) is 3.53. The van der Waals surface area contributed by atoms with E-state index < -0.39 is 5.95 Å². The van der Waals surface area contributed by atoms with Gasteiger partial charge in [0.05, 0.1) is 4.88 Å². The van der Waals surface area contributed by atoms with Crippen LogP contribution in [-0.4, -0.2) is 43.6 Å². The molecule has 0 unspecified atom stereocenters. The number of amides is 1. The molecule has 0 aliphatic carbocycles. The van der Waals surface area contributed by atoms with Crippen molar-refractivity contribution in [1.29, 1.82) is 0 Å². The zero-order valence-corrected chi connectivity index (χ0v) is 20.7. The van der Waals surface area contributed by atoms with Crippen LogP contribution in [0.15, 0.2) is 4.52 Å². The summed E-state index contributed by atoms with van der Waals surface area (Å²) in [5, 5.41) is 14.6. The second-order valence-corrected chi connectivity index (χ2v) is 7.91. The number of aryl methyl sites for hydroxylation is 1. The fourth-order valence-electron chi connectivity index (χ4n) is 2.62. The molecule has 0 radical (unpaired) electrons. The maximum absolute atomic E-state index is 13.7. The van der Waals surface area contributed by atoms with Gasteiger partial charge in [0.1, 0.15) is 6.61 Å².